The number of nitrogens with one attached hydrogen (secondary N) is 1. The van der Waals surface area contributed by atoms with Gasteiger partial charge in [-0.3, -0.25) is 9.69 Å². The molecule has 1 aliphatic heterocycles. The smallest absolute Gasteiger partial charge is 0.264 e. The molecule has 7 heteroatoms. The van der Waals surface area contributed by atoms with E-state index in [9.17, 15) is 13.2 Å². The van der Waals surface area contributed by atoms with Crippen molar-refractivity contribution in [3.05, 3.63) is 94.0 Å². The molecule has 0 aliphatic carbocycles. The number of nitrogen functional groups attached to an aromatic ring is 1. The molecule has 0 saturated carbocycles. The number of fused-ring (bicyclic) bond motifs is 1. The summed E-state index contributed by atoms with van der Waals surface area (Å²) < 4.78 is 28.0. The summed E-state index contributed by atoms with van der Waals surface area (Å²) in [5.41, 5.74) is 12.6. The summed E-state index contributed by atoms with van der Waals surface area (Å²) in [4.78, 5) is 15.3. The van der Waals surface area contributed by atoms with Gasteiger partial charge in [0.15, 0.2) is 0 Å². The average Bonchev–Trinajstić information content (AvgIpc) is 3.08. The number of sulfonamides is 1. The maximum atomic E-state index is 13.3. The van der Waals surface area contributed by atoms with Gasteiger partial charge in [-0.1, -0.05) is 48.0 Å². The highest BCUT2D eigenvalue weighted by atomic mass is 32.2. The first-order valence-corrected chi connectivity index (χ1v) is 11.9. The zero-order valence-corrected chi connectivity index (χ0v) is 19.2. The van der Waals surface area contributed by atoms with Gasteiger partial charge in [0.2, 0.25) is 0 Å². The summed E-state index contributed by atoms with van der Waals surface area (Å²) in [5, 5.41) is 0. The van der Waals surface area contributed by atoms with Crippen LogP contribution in [0.4, 0.5) is 5.69 Å². The zero-order valence-electron chi connectivity index (χ0n) is 18.4. The van der Waals surface area contributed by atoms with E-state index < -0.39 is 22.0 Å². The normalized spacial score (nSPS) is 16.0. The minimum Gasteiger partial charge on any atom is -0.399 e. The van der Waals surface area contributed by atoms with Gasteiger partial charge < -0.3 is 5.73 Å². The summed E-state index contributed by atoms with van der Waals surface area (Å²) in [6, 6.07) is 17.1. The van der Waals surface area contributed by atoms with Crippen LogP contribution in [0.5, 0.6) is 0 Å². The van der Waals surface area contributed by atoms with Gasteiger partial charge in [-0.05, 0) is 66.8 Å². The maximum Gasteiger partial charge on any atom is 0.264 e. The van der Waals surface area contributed by atoms with Crippen molar-refractivity contribution >= 4 is 21.6 Å². The molecule has 0 bridgehead atoms. The van der Waals surface area contributed by atoms with Crippen molar-refractivity contribution in [2.45, 2.75) is 44.8 Å². The van der Waals surface area contributed by atoms with E-state index in [-0.39, 0.29) is 4.90 Å². The Morgan fingerprint density at radius 1 is 1.03 bits per heavy atom. The van der Waals surface area contributed by atoms with E-state index in [2.05, 4.69) is 37.6 Å². The Balaban J connectivity index is 1.67. The number of carbonyl (C=O) groups excluding carboxylic acids is 1. The molecule has 6 nitrogen and oxygen atoms in total. The van der Waals surface area contributed by atoms with Crippen molar-refractivity contribution in [3.8, 4) is 0 Å². The van der Waals surface area contributed by atoms with Crippen molar-refractivity contribution in [1.29, 1.82) is 0 Å². The monoisotopic (exact) mass is 449 g/mol. The highest BCUT2D eigenvalue weighted by Gasteiger charge is 2.37. The highest BCUT2D eigenvalue weighted by molar-refractivity contribution is 7.90. The maximum absolute atomic E-state index is 13.3. The van der Waals surface area contributed by atoms with Gasteiger partial charge in [-0.2, -0.15) is 0 Å². The third-order valence-electron chi connectivity index (χ3n) is 5.94. The number of aryl methyl sites for hydroxylation is 3. The molecule has 1 amide bonds. The van der Waals surface area contributed by atoms with E-state index in [0.29, 0.717) is 18.8 Å². The van der Waals surface area contributed by atoms with Crippen LogP contribution in [0, 0.1) is 20.8 Å². The molecule has 0 unspecified atom stereocenters. The van der Waals surface area contributed by atoms with Gasteiger partial charge in [-0.15, -0.1) is 0 Å². The van der Waals surface area contributed by atoms with Crippen LogP contribution in [0.25, 0.3) is 0 Å². The lowest BCUT2D eigenvalue weighted by molar-refractivity contribution is -0.124. The SMILES string of the molecule is Cc1cc(C)c(CN2Cc3ccccc3[C@H]2C(=O)NS(=O)(=O)c2cccc(N)c2)c(C)c1. The number of nitrogens with two attached hydrogens (primary N) is 1. The molecule has 1 heterocycles. The Bertz CT molecular complexity index is 1280. The number of carbonyl (C=O) groups is 1. The standard InChI is InChI=1S/C25H27N3O3S/c1-16-11-17(2)23(18(3)12-16)15-28-14-19-7-4-5-10-22(19)24(28)25(29)27-32(30,31)21-9-6-8-20(26)13-21/h4-13,24H,14-15,26H2,1-3H3,(H,27,29)/t24-/m0/s1. The lowest BCUT2D eigenvalue weighted by Gasteiger charge is -2.26. The first kappa shape index (κ1) is 22.0. The van der Waals surface area contributed by atoms with Gasteiger partial charge in [0.1, 0.15) is 6.04 Å². The predicted octanol–water partition coefficient (Wildman–Crippen LogP) is 3.76. The Hall–Kier alpha value is -3.16. The molecule has 3 N–H and O–H groups in total. The third kappa shape index (κ3) is 4.26. The molecule has 0 spiro atoms. The molecule has 0 saturated heterocycles. The van der Waals surface area contributed by atoms with E-state index >= 15 is 0 Å². The largest absolute Gasteiger partial charge is 0.399 e. The van der Waals surface area contributed by atoms with Crippen LogP contribution in [0.1, 0.15) is 39.4 Å². The number of rotatable bonds is 5. The minimum atomic E-state index is -4.05. The minimum absolute atomic E-state index is 0.0334. The van der Waals surface area contributed by atoms with Crippen LogP contribution in [0.3, 0.4) is 0 Å². The van der Waals surface area contributed by atoms with E-state index in [1.807, 2.05) is 29.2 Å². The lowest BCUT2D eigenvalue weighted by atomic mass is 9.99. The van der Waals surface area contributed by atoms with Crippen LogP contribution in [-0.4, -0.2) is 19.2 Å². The summed E-state index contributed by atoms with van der Waals surface area (Å²) >= 11 is 0. The predicted molar refractivity (Wildman–Crippen MR) is 125 cm³/mol. The summed E-state index contributed by atoms with van der Waals surface area (Å²) in [5.74, 6) is -0.570. The van der Waals surface area contributed by atoms with Crippen LogP contribution in [0.15, 0.2) is 65.6 Å². The third-order valence-corrected chi connectivity index (χ3v) is 7.29. The second-order valence-electron chi connectivity index (χ2n) is 8.43. The molecule has 166 valence electrons. The van der Waals surface area contributed by atoms with Crippen LogP contribution in [-0.2, 0) is 27.9 Å². The number of hydrogen-bond acceptors (Lipinski definition) is 5. The number of benzene rings is 3. The molecule has 32 heavy (non-hydrogen) atoms. The van der Waals surface area contributed by atoms with E-state index in [1.165, 1.54) is 17.7 Å². The summed E-state index contributed by atoms with van der Waals surface area (Å²) in [6.45, 7) is 7.31. The van der Waals surface area contributed by atoms with Gasteiger partial charge in [0, 0.05) is 18.8 Å². The summed E-state index contributed by atoms with van der Waals surface area (Å²) in [7, 11) is -4.05. The van der Waals surface area contributed by atoms with E-state index in [1.54, 1.807) is 12.1 Å². The summed E-state index contributed by atoms with van der Waals surface area (Å²) in [6.07, 6.45) is 0. The number of hydrogen-bond donors (Lipinski definition) is 2. The van der Waals surface area contributed by atoms with Crippen LogP contribution in [0.2, 0.25) is 0 Å². The van der Waals surface area contributed by atoms with Crippen LogP contribution >= 0.6 is 0 Å². The number of nitrogens with zero attached hydrogens (tertiary/aromatic N) is 1. The van der Waals surface area contributed by atoms with Crippen molar-refractivity contribution in [2.24, 2.45) is 0 Å². The van der Waals surface area contributed by atoms with E-state index in [4.69, 9.17) is 5.73 Å². The highest BCUT2D eigenvalue weighted by Crippen LogP contribution is 2.36. The topological polar surface area (TPSA) is 92.5 Å². The first-order valence-electron chi connectivity index (χ1n) is 10.5. The molecule has 3 aromatic carbocycles. The lowest BCUT2D eigenvalue weighted by Crippen LogP contribution is -2.40. The first-order chi connectivity index (χ1) is 15.2. The fraction of sp³-hybridized carbons (Fsp3) is 0.240. The van der Waals surface area contributed by atoms with Gasteiger partial charge in [0.25, 0.3) is 15.9 Å². The van der Waals surface area contributed by atoms with Gasteiger partial charge >= 0.3 is 0 Å². The quantitative estimate of drug-likeness (QED) is 0.579. The molecule has 0 aromatic heterocycles. The van der Waals surface area contributed by atoms with Crippen molar-refractivity contribution in [1.82, 2.24) is 9.62 Å². The molecule has 4 rings (SSSR count). The van der Waals surface area contributed by atoms with Crippen molar-refractivity contribution < 1.29 is 13.2 Å². The Labute approximate surface area is 189 Å². The second kappa shape index (κ2) is 8.41. The van der Waals surface area contributed by atoms with Gasteiger partial charge in [-0.25, -0.2) is 13.1 Å². The molecular formula is C25H27N3O3S. The molecule has 1 aliphatic rings. The zero-order chi connectivity index (χ0) is 23.0. The van der Waals surface area contributed by atoms with Crippen molar-refractivity contribution in [3.63, 3.8) is 0 Å². The van der Waals surface area contributed by atoms with Gasteiger partial charge in [0.05, 0.1) is 4.90 Å². The molecule has 0 radical (unpaired) electrons. The number of anilines is 1. The Kier molecular flexibility index (Phi) is 5.79. The van der Waals surface area contributed by atoms with Crippen molar-refractivity contribution in [2.75, 3.05) is 5.73 Å². The van der Waals surface area contributed by atoms with Crippen LogP contribution < -0.4 is 10.5 Å². The molecule has 1 atom stereocenters. The fourth-order valence-electron chi connectivity index (χ4n) is 4.50. The Morgan fingerprint density at radius 3 is 2.41 bits per heavy atom. The molecule has 0 fully saturated rings. The number of amides is 1. The average molecular weight is 450 g/mol. The molecular weight excluding hydrogens is 422 g/mol. The molecule has 3 aromatic rings. The Morgan fingerprint density at radius 2 is 1.72 bits per heavy atom. The fourth-order valence-corrected chi connectivity index (χ4v) is 5.54. The van der Waals surface area contributed by atoms with E-state index in [0.717, 1.165) is 27.8 Å². The second-order valence-corrected chi connectivity index (χ2v) is 10.1.